The molecule has 92 valence electrons. The van der Waals surface area contributed by atoms with Gasteiger partial charge in [0, 0.05) is 17.9 Å². The second-order valence-electron chi connectivity index (χ2n) is 5.09. The van der Waals surface area contributed by atoms with Crippen molar-refractivity contribution >= 4 is 5.91 Å². The predicted molar refractivity (Wildman–Crippen MR) is 65.3 cm³/mol. The molecule has 1 heterocycles. The van der Waals surface area contributed by atoms with E-state index in [9.17, 15) is 9.18 Å². The third-order valence-corrected chi connectivity index (χ3v) is 3.87. The molecule has 0 spiro atoms. The predicted octanol–water partition coefficient (Wildman–Crippen LogP) is 2.69. The average Bonchev–Trinajstić information content (AvgIpc) is 2.58. The van der Waals surface area contributed by atoms with Gasteiger partial charge in [0.25, 0.3) is 0 Å². The molecule has 1 aromatic rings. The Morgan fingerprint density at radius 3 is 2.82 bits per heavy atom. The smallest absolute Gasteiger partial charge is 0.221 e. The third-order valence-electron chi connectivity index (χ3n) is 3.87. The lowest BCUT2D eigenvalue weighted by Crippen LogP contribution is -2.37. The number of carbonyl (C=O) groups is 1. The highest BCUT2D eigenvalue weighted by Gasteiger charge is 2.43. The Kier molecular flexibility index (Phi) is 2.94. The maximum atomic E-state index is 13.6. The number of halogens is 1. The van der Waals surface area contributed by atoms with Crippen LogP contribution >= 0.6 is 0 Å². The van der Waals surface area contributed by atoms with Crippen molar-refractivity contribution in [3.63, 3.8) is 0 Å². The van der Waals surface area contributed by atoms with E-state index >= 15 is 0 Å². The van der Waals surface area contributed by atoms with Crippen molar-refractivity contribution in [1.29, 1.82) is 0 Å². The summed E-state index contributed by atoms with van der Waals surface area (Å²) in [5.74, 6) is -0.140. The first-order chi connectivity index (χ1) is 7.97. The molecular formula is C14H18FNO. The summed E-state index contributed by atoms with van der Waals surface area (Å²) in [6, 6.07) is 5.38. The molecule has 2 unspecified atom stereocenters. The van der Waals surface area contributed by atoms with Gasteiger partial charge in [-0.2, -0.15) is 0 Å². The van der Waals surface area contributed by atoms with Gasteiger partial charge < -0.3 is 5.32 Å². The SMILES string of the molecule is CCC1NC(=O)CC1(C)c1ccc(C)c(F)c1. The van der Waals surface area contributed by atoms with Crippen LogP contribution < -0.4 is 5.32 Å². The van der Waals surface area contributed by atoms with Crippen molar-refractivity contribution in [2.75, 3.05) is 0 Å². The Balaban J connectivity index is 2.43. The van der Waals surface area contributed by atoms with E-state index in [1.165, 1.54) is 0 Å². The molecular weight excluding hydrogens is 217 g/mol. The van der Waals surface area contributed by atoms with E-state index in [1.54, 1.807) is 19.1 Å². The molecule has 2 atom stereocenters. The summed E-state index contributed by atoms with van der Waals surface area (Å²) < 4.78 is 13.6. The lowest BCUT2D eigenvalue weighted by Gasteiger charge is -2.30. The van der Waals surface area contributed by atoms with Gasteiger partial charge >= 0.3 is 0 Å². The highest BCUT2D eigenvalue weighted by molar-refractivity contribution is 5.81. The molecule has 1 fully saturated rings. The molecule has 0 bridgehead atoms. The number of benzene rings is 1. The monoisotopic (exact) mass is 235 g/mol. The van der Waals surface area contributed by atoms with E-state index in [2.05, 4.69) is 5.32 Å². The van der Waals surface area contributed by atoms with Gasteiger partial charge in [-0.1, -0.05) is 26.0 Å². The minimum absolute atomic E-state index is 0.0559. The van der Waals surface area contributed by atoms with Crippen molar-refractivity contribution in [2.45, 2.75) is 45.1 Å². The summed E-state index contributed by atoms with van der Waals surface area (Å²) in [5.41, 5.74) is 1.26. The first-order valence-electron chi connectivity index (χ1n) is 6.03. The largest absolute Gasteiger partial charge is 0.352 e. The Labute approximate surface area is 101 Å². The minimum atomic E-state index is -0.291. The van der Waals surface area contributed by atoms with Crippen LogP contribution in [-0.4, -0.2) is 11.9 Å². The number of aryl methyl sites for hydroxylation is 1. The third kappa shape index (κ3) is 1.94. The Morgan fingerprint density at radius 2 is 2.24 bits per heavy atom. The highest BCUT2D eigenvalue weighted by Crippen LogP contribution is 2.37. The lowest BCUT2D eigenvalue weighted by molar-refractivity contribution is -0.119. The minimum Gasteiger partial charge on any atom is -0.352 e. The van der Waals surface area contributed by atoms with Crippen LogP contribution in [-0.2, 0) is 10.2 Å². The Bertz CT molecular complexity index is 458. The van der Waals surface area contributed by atoms with Crippen LogP contribution in [0.3, 0.4) is 0 Å². The number of hydrogen-bond donors (Lipinski definition) is 1. The van der Waals surface area contributed by atoms with E-state index in [0.717, 1.165) is 12.0 Å². The van der Waals surface area contributed by atoms with Gasteiger partial charge in [-0.05, 0) is 30.5 Å². The summed E-state index contributed by atoms with van der Waals surface area (Å²) in [4.78, 5) is 11.5. The van der Waals surface area contributed by atoms with Crippen molar-refractivity contribution in [3.05, 3.63) is 35.1 Å². The molecule has 0 radical (unpaired) electrons. The van der Waals surface area contributed by atoms with Crippen LogP contribution in [0, 0.1) is 12.7 Å². The van der Waals surface area contributed by atoms with E-state index < -0.39 is 0 Å². The number of nitrogens with one attached hydrogen (secondary N) is 1. The number of rotatable bonds is 2. The second kappa shape index (κ2) is 4.13. The van der Waals surface area contributed by atoms with Crippen molar-refractivity contribution in [1.82, 2.24) is 5.32 Å². The van der Waals surface area contributed by atoms with Crippen LogP contribution in [0.5, 0.6) is 0 Å². The number of carbonyl (C=O) groups excluding carboxylic acids is 1. The Hall–Kier alpha value is -1.38. The summed E-state index contributed by atoms with van der Waals surface area (Å²) in [6.07, 6.45) is 1.30. The standard InChI is InChI=1S/C14H18FNO/c1-4-12-14(3,8-13(17)16-12)10-6-5-9(2)11(15)7-10/h5-7,12H,4,8H2,1-3H3,(H,16,17). The summed E-state index contributed by atoms with van der Waals surface area (Å²) in [6.45, 7) is 5.82. The van der Waals surface area contributed by atoms with Crippen LogP contribution in [0.1, 0.15) is 37.8 Å². The number of hydrogen-bond acceptors (Lipinski definition) is 1. The maximum Gasteiger partial charge on any atom is 0.221 e. The summed E-state index contributed by atoms with van der Waals surface area (Å²) in [7, 11) is 0. The lowest BCUT2D eigenvalue weighted by atomic mass is 9.75. The van der Waals surface area contributed by atoms with Gasteiger partial charge in [0.1, 0.15) is 5.82 Å². The van der Waals surface area contributed by atoms with Gasteiger partial charge in [0.05, 0.1) is 0 Å². The Morgan fingerprint density at radius 1 is 1.53 bits per heavy atom. The second-order valence-corrected chi connectivity index (χ2v) is 5.09. The van der Waals surface area contributed by atoms with Gasteiger partial charge in [0.2, 0.25) is 5.91 Å². The molecule has 1 aromatic carbocycles. The van der Waals surface area contributed by atoms with Gasteiger partial charge in [-0.25, -0.2) is 4.39 Å². The zero-order valence-electron chi connectivity index (χ0n) is 10.5. The van der Waals surface area contributed by atoms with E-state index in [1.807, 2.05) is 19.9 Å². The van der Waals surface area contributed by atoms with Crippen LogP contribution in [0.15, 0.2) is 18.2 Å². The quantitative estimate of drug-likeness (QED) is 0.839. The fraction of sp³-hybridized carbons (Fsp3) is 0.500. The van der Waals surface area contributed by atoms with Crippen molar-refractivity contribution in [3.8, 4) is 0 Å². The number of amides is 1. The molecule has 0 aromatic heterocycles. The first-order valence-corrected chi connectivity index (χ1v) is 6.03. The molecule has 0 aliphatic carbocycles. The summed E-state index contributed by atoms with van der Waals surface area (Å²) >= 11 is 0. The molecule has 1 N–H and O–H groups in total. The average molecular weight is 235 g/mol. The molecule has 1 aliphatic heterocycles. The fourth-order valence-electron chi connectivity index (χ4n) is 2.67. The molecule has 0 saturated carbocycles. The van der Waals surface area contributed by atoms with E-state index in [4.69, 9.17) is 0 Å². The molecule has 1 aliphatic rings. The van der Waals surface area contributed by atoms with E-state index in [-0.39, 0.29) is 23.2 Å². The first kappa shape index (κ1) is 12.1. The molecule has 17 heavy (non-hydrogen) atoms. The van der Waals surface area contributed by atoms with Gasteiger partial charge in [-0.3, -0.25) is 4.79 Å². The molecule has 1 amide bonds. The topological polar surface area (TPSA) is 29.1 Å². The molecule has 2 nitrogen and oxygen atoms in total. The van der Waals surface area contributed by atoms with Crippen molar-refractivity contribution < 1.29 is 9.18 Å². The highest BCUT2D eigenvalue weighted by atomic mass is 19.1. The van der Waals surface area contributed by atoms with Crippen LogP contribution in [0.2, 0.25) is 0 Å². The molecule has 1 saturated heterocycles. The van der Waals surface area contributed by atoms with Crippen LogP contribution in [0.4, 0.5) is 4.39 Å². The molecule has 2 rings (SSSR count). The zero-order chi connectivity index (χ0) is 12.6. The fourth-order valence-corrected chi connectivity index (χ4v) is 2.67. The van der Waals surface area contributed by atoms with E-state index in [0.29, 0.717) is 12.0 Å². The molecule has 3 heteroatoms. The van der Waals surface area contributed by atoms with Gasteiger partial charge in [-0.15, -0.1) is 0 Å². The van der Waals surface area contributed by atoms with Crippen molar-refractivity contribution in [2.24, 2.45) is 0 Å². The summed E-state index contributed by atoms with van der Waals surface area (Å²) in [5, 5.41) is 2.97. The normalized spacial score (nSPS) is 28.2. The van der Waals surface area contributed by atoms with Gasteiger partial charge in [0.15, 0.2) is 0 Å². The van der Waals surface area contributed by atoms with Crippen LogP contribution in [0.25, 0.3) is 0 Å². The maximum absolute atomic E-state index is 13.6. The zero-order valence-corrected chi connectivity index (χ0v) is 10.5.